The van der Waals surface area contributed by atoms with Gasteiger partial charge in [0.05, 0.1) is 0 Å². The molecule has 21 heavy (non-hydrogen) atoms. The van der Waals surface area contributed by atoms with Gasteiger partial charge in [0.2, 0.25) is 0 Å². The molecule has 6 heteroatoms. The van der Waals surface area contributed by atoms with Crippen LogP contribution in [0, 0.1) is 0 Å². The van der Waals surface area contributed by atoms with Gasteiger partial charge < -0.3 is 17.7 Å². The highest BCUT2D eigenvalue weighted by atomic mass is 28.4. The molecular formula is C15H32O4Si2. The zero-order valence-electron chi connectivity index (χ0n) is 14.5. The standard InChI is InChI=1S/C15H32O4Si2/c1-7-9-11-13-20(16-3,17-4)15-21(18-5,19-6)14-12-10-8-2/h11-14H,7-10,15H2,1-6H3. The van der Waals surface area contributed by atoms with E-state index in [1.54, 1.807) is 28.4 Å². The van der Waals surface area contributed by atoms with Crippen LogP contribution in [-0.4, -0.2) is 45.6 Å². The fourth-order valence-electron chi connectivity index (χ4n) is 2.05. The van der Waals surface area contributed by atoms with E-state index in [0.29, 0.717) is 5.67 Å². The molecule has 0 N–H and O–H groups in total. The maximum absolute atomic E-state index is 5.77. The lowest BCUT2D eigenvalue weighted by Gasteiger charge is -2.32. The molecule has 0 saturated heterocycles. The Morgan fingerprint density at radius 1 is 0.667 bits per heavy atom. The van der Waals surface area contributed by atoms with Crippen molar-refractivity contribution in [1.82, 2.24) is 0 Å². The van der Waals surface area contributed by atoms with Crippen molar-refractivity contribution in [2.45, 2.75) is 45.2 Å². The molecule has 0 heterocycles. The Morgan fingerprint density at radius 2 is 1.00 bits per heavy atom. The maximum atomic E-state index is 5.77. The Balaban J connectivity index is 5.21. The van der Waals surface area contributed by atoms with Gasteiger partial charge in [0, 0.05) is 34.1 Å². The number of hydrogen-bond acceptors (Lipinski definition) is 4. The molecule has 4 nitrogen and oxygen atoms in total. The lowest BCUT2D eigenvalue weighted by Crippen LogP contribution is -2.51. The molecule has 0 aromatic carbocycles. The zero-order valence-corrected chi connectivity index (χ0v) is 16.5. The van der Waals surface area contributed by atoms with Crippen molar-refractivity contribution in [3.05, 3.63) is 23.6 Å². The van der Waals surface area contributed by atoms with Crippen molar-refractivity contribution in [3.63, 3.8) is 0 Å². The summed E-state index contributed by atoms with van der Waals surface area (Å²) in [7, 11) is 1.98. The van der Waals surface area contributed by atoms with Crippen molar-refractivity contribution in [2.75, 3.05) is 28.4 Å². The number of unbranched alkanes of at least 4 members (excludes halogenated alkanes) is 2. The third kappa shape index (κ3) is 7.03. The van der Waals surface area contributed by atoms with E-state index in [-0.39, 0.29) is 0 Å². The number of allylic oxidation sites excluding steroid dienone is 2. The van der Waals surface area contributed by atoms with Crippen LogP contribution in [0.15, 0.2) is 23.6 Å². The fourth-order valence-corrected chi connectivity index (χ4v) is 9.98. The highest BCUT2D eigenvalue weighted by molar-refractivity contribution is 6.90. The Hall–Kier alpha value is -0.246. The minimum atomic E-state index is -2.44. The average molecular weight is 333 g/mol. The van der Waals surface area contributed by atoms with E-state index in [9.17, 15) is 0 Å². The summed E-state index contributed by atoms with van der Waals surface area (Å²) >= 11 is 0. The van der Waals surface area contributed by atoms with E-state index in [4.69, 9.17) is 17.7 Å². The molecule has 0 unspecified atom stereocenters. The van der Waals surface area contributed by atoms with Crippen LogP contribution in [0.3, 0.4) is 0 Å². The van der Waals surface area contributed by atoms with Crippen molar-refractivity contribution >= 4 is 17.1 Å². The number of hydrogen-bond donors (Lipinski definition) is 0. The van der Waals surface area contributed by atoms with Crippen molar-refractivity contribution in [1.29, 1.82) is 0 Å². The summed E-state index contributed by atoms with van der Waals surface area (Å²) in [6.45, 7) is 4.31. The first kappa shape index (κ1) is 20.8. The Kier molecular flexibility index (Phi) is 11.2. The van der Waals surface area contributed by atoms with Gasteiger partial charge in [-0.15, -0.1) is 0 Å². The molecule has 0 rings (SSSR count). The minimum Gasteiger partial charge on any atom is -0.395 e. The summed E-state index contributed by atoms with van der Waals surface area (Å²) in [6, 6.07) is 0. The summed E-state index contributed by atoms with van der Waals surface area (Å²) in [5, 5.41) is 0. The van der Waals surface area contributed by atoms with E-state index in [0.717, 1.165) is 25.7 Å². The smallest absolute Gasteiger partial charge is 0.366 e. The molecule has 0 aromatic rings. The van der Waals surface area contributed by atoms with Crippen LogP contribution in [0.2, 0.25) is 5.67 Å². The normalized spacial score (nSPS) is 13.6. The van der Waals surface area contributed by atoms with E-state index in [2.05, 4.69) is 37.4 Å². The van der Waals surface area contributed by atoms with Gasteiger partial charge in [0.15, 0.2) is 0 Å². The highest BCUT2D eigenvalue weighted by Crippen LogP contribution is 2.25. The third-order valence-corrected chi connectivity index (χ3v) is 11.7. The van der Waals surface area contributed by atoms with Gasteiger partial charge in [-0.3, -0.25) is 0 Å². The van der Waals surface area contributed by atoms with Crippen LogP contribution in [0.4, 0.5) is 0 Å². The minimum absolute atomic E-state index is 0.695. The molecule has 0 saturated carbocycles. The summed E-state index contributed by atoms with van der Waals surface area (Å²) in [5.41, 5.74) is 4.92. The van der Waals surface area contributed by atoms with E-state index < -0.39 is 17.1 Å². The molecule has 0 fully saturated rings. The van der Waals surface area contributed by atoms with Crippen molar-refractivity contribution in [3.8, 4) is 0 Å². The number of rotatable bonds is 12. The lowest BCUT2D eigenvalue weighted by atomic mass is 10.3. The van der Waals surface area contributed by atoms with Crippen LogP contribution in [0.5, 0.6) is 0 Å². The first-order chi connectivity index (χ1) is 10.1. The molecule has 0 spiro atoms. The first-order valence-corrected chi connectivity index (χ1v) is 11.8. The second kappa shape index (κ2) is 11.3. The Labute approximate surface area is 132 Å². The van der Waals surface area contributed by atoms with Crippen LogP contribution < -0.4 is 0 Å². The van der Waals surface area contributed by atoms with Gasteiger partial charge in [-0.25, -0.2) is 0 Å². The Bertz CT molecular complexity index is 281. The summed E-state index contributed by atoms with van der Waals surface area (Å²) in [4.78, 5) is 0. The van der Waals surface area contributed by atoms with Crippen molar-refractivity contribution in [2.24, 2.45) is 0 Å². The molecule has 0 atom stereocenters. The zero-order chi connectivity index (χ0) is 16.2. The second-order valence-corrected chi connectivity index (χ2v) is 12.0. The Morgan fingerprint density at radius 3 is 1.24 bits per heavy atom. The van der Waals surface area contributed by atoms with Gasteiger partial charge >= 0.3 is 17.1 Å². The largest absolute Gasteiger partial charge is 0.395 e. The molecule has 0 amide bonds. The summed E-state index contributed by atoms with van der Waals surface area (Å²) in [6.07, 6.45) is 8.59. The molecule has 0 radical (unpaired) electrons. The van der Waals surface area contributed by atoms with Gasteiger partial charge in [0.25, 0.3) is 0 Å². The lowest BCUT2D eigenvalue weighted by molar-refractivity contribution is 0.234. The predicted octanol–water partition coefficient (Wildman–Crippen LogP) is 3.79. The quantitative estimate of drug-likeness (QED) is 0.510. The average Bonchev–Trinajstić information content (AvgIpc) is 2.53. The highest BCUT2D eigenvalue weighted by Gasteiger charge is 2.46. The molecule has 0 bridgehead atoms. The second-order valence-electron chi connectivity index (χ2n) is 5.00. The molecule has 0 aromatic heterocycles. The van der Waals surface area contributed by atoms with E-state index in [1.807, 2.05) is 0 Å². The monoisotopic (exact) mass is 332 g/mol. The molecule has 0 aliphatic heterocycles. The predicted molar refractivity (Wildman–Crippen MR) is 92.4 cm³/mol. The van der Waals surface area contributed by atoms with Gasteiger partial charge in [-0.05, 0) is 24.2 Å². The topological polar surface area (TPSA) is 36.9 Å². The van der Waals surface area contributed by atoms with Crippen LogP contribution in [-0.2, 0) is 17.7 Å². The molecule has 0 aliphatic rings. The molecule has 124 valence electrons. The van der Waals surface area contributed by atoms with E-state index >= 15 is 0 Å². The third-order valence-electron chi connectivity index (χ3n) is 3.53. The van der Waals surface area contributed by atoms with Crippen LogP contribution in [0.25, 0.3) is 0 Å². The van der Waals surface area contributed by atoms with E-state index in [1.165, 1.54) is 0 Å². The van der Waals surface area contributed by atoms with Gasteiger partial charge in [-0.2, -0.15) is 0 Å². The van der Waals surface area contributed by atoms with Crippen LogP contribution in [0.1, 0.15) is 39.5 Å². The van der Waals surface area contributed by atoms with Crippen molar-refractivity contribution < 1.29 is 17.7 Å². The summed E-state index contributed by atoms with van der Waals surface area (Å²) in [5.74, 6) is 0. The fraction of sp³-hybridized carbons (Fsp3) is 0.733. The maximum Gasteiger partial charge on any atom is 0.366 e. The summed E-state index contributed by atoms with van der Waals surface area (Å²) < 4.78 is 23.1. The molecule has 0 aliphatic carbocycles. The molecular weight excluding hydrogens is 300 g/mol. The van der Waals surface area contributed by atoms with Gasteiger partial charge in [-0.1, -0.05) is 38.8 Å². The first-order valence-electron chi connectivity index (χ1n) is 7.63. The van der Waals surface area contributed by atoms with Gasteiger partial charge in [0.1, 0.15) is 0 Å². The van der Waals surface area contributed by atoms with Crippen LogP contribution >= 0.6 is 0 Å². The SMILES string of the molecule is CCCC=C[Si](C[Si](C=CCCC)(OC)OC)(OC)OC.